The van der Waals surface area contributed by atoms with Gasteiger partial charge >= 0.3 is 0 Å². The Balaban J connectivity index is 1.56. The lowest BCUT2D eigenvalue weighted by Crippen LogP contribution is -2.44. The number of carbonyl (C=O) groups is 2. The van der Waals surface area contributed by atoms with E-state index >= 15 is 0 Å². The van der Waals surface area contributed by atoms with E-state index in [1.54, 1.807) is 0 Å². The minimum Gasteiger partial charge on any atom is -0.353 e. The Labute approximate surface area is 168 Å². The Kier molecular flexibility index (Phi) is 6.71. The molecule has 2 aromatic carbocycles. The molecule has 1 aliphatic rings. The average molecular weight is 381 g/mol. The lowest BCUT2D eigenvalue weighted by molar-refractivity contribution is -0.127. The van der Waals surface area contributed by atoms with Crippen LogP contribution in [-0.4, -0.2) is 35.8 Å². The zero-order valence-electron chi connectivity index (χ0n) is 17.3. The molecule has 1 unspecified atom stereocenters. The third kappa shape index (κ3) is 4.92. The van der Waals surface area contributed by atoms with Crippen LogP contribution in [0.5, 0.6) is 0 Å². The fraction of sp³-hybridized carbons (Fsp3) is 0.500. The number of benzene rings is 2. The first-order chi connectivity index (χ1) is 13.5. The highest BCUT2D eigenvalue weighted by atomic mass is 16.2. The molecule has 2 aromatic rings. The highest BCUT2D eigenvalue weighted by Crippen LogP contribution is 2.24. The van der Waals surface area contributed by atoms with Crippen molar-refractivity contribution in [2.45, 2.75) is 52.5 Å². The van der Waals surface area contributed by atoms with E-state index in [-0.39, 0.29) is 23.8 Å². The highest BCUT2D eigenvalue weighted by Gasteiger charge is 2.28. The van der Waals surface area contributed by atoms with Crippen LogP contribution in [0.25, 0.3) is 10.8 Å². The summed E-state index contributed by atoms with van der Waals surface area (Å²) < 4.78 is 0. The van der Waals surface area contributed by atoms with E-state index < -0.39 is 0 Å². The summed E-state index contributed by atoms with van der Waals surface area (Å²) in [6.07, 6.45) is 3.61. The molecule has 0 aromatic heterocycles. The molecule has 0 aliphatic carbocycles. The lowest BCUT2D eigenvalue weighted by atomic mass is 9.94. The molecule has 0 bridgehead atoms. The summed E-state index contributed by atoms with van der Waals surface area (Å²) in [4.78, 5) is 27.5. The molecule has 0 spiro atoms. The van der Waals surface area contributed by atoms with Gasteiger partial charge < -0.3 is 10.2 Å². The number of likely N-dealkylation sites (tertiary alicyclic amines) is 1. The molecule has 4 heteroatoms. The van der Waals surface area contributed by atoms with Crippen LogP contribution in [0.1, 0.15) is 56.8 Å². The molecular weight excluding hydrogens is 348 g/mol. The predicted octanol–water partition coefficient (Wildman–Crippen LogP) is 4.63. The summed E-state index contributed by atoms with van der Waals surface area (Å²) >= 11 is 0. The Hall–Kier alpha value is -2.36. The zero-order valence-corrected chi connectivity index (χ0v) is 17.3. The highest BCUT2D eigenvalue weighted by molar-refractivity contribution is 6.07. The summed E-state index contributed by atoms with van der Waals surface area (Å²) in [5.41, 5.74) is 0.753. The second kappa shape index (κ2) is 9.22. The quantitative estimate of drug-likeness (QED) is 0.794. The van der Waals surface area contributed by atoms with Crippen LogP contribution in [0.4, 0.5) is 0 Å². The molecule has 1 N–H and O–H groups in total. The number of amides is 2. The number of fused-ring (bicyclic) bond motifs is 1. The van der Waals surface area contributed by atoms with E-state index in [0.29, 0.717) is 19.0 Å². The fourth-order valence-electron chi connectivity index (χ4n) is 3.94. The van der Waals surface area contributed by atoms with Gasteiger partial charge in [0.15, 0.2) is 0 Å². The first-order valence-corrected chi connectivity index (χ1v) is 10.5. The van der Waals surface area contributed by atoms with E-state index in [4.69, 9.17) is 0 Å². The van der Waals surface area contributed by atoms with Gasteiger partial charge in [0.2, 0.25) is 5.91 Å². The fourth-order valence-corrected chi connectivity index (χ4v) is 3.94. The normalized spacial score (nSPS) is 16.4. The summed E-state index contributed by atoms with van der Waals surface area (Å²) in [7, 11) is 0. The van der Waals surface area contributed by atoms with Crippen molar-refractivity contribution in [3.05, 3.63) is 48.0 Å². The number of hydrogen-bond donors (Lipinski definition) is 1. The minimum atomic E-state index is 0.0121. The molecule has 150 valence electrons. The molecule has 4 nitrogen and oxygen atoms in total. The van der Waals surface area contributed by atoms with Crippen molar-refractivity contribution in [3.63, 3.8) is 0 Å². The topological polar surface area (TPSA) is 49.4 Å². The predicted molar refractivity (Wildman–Crippen MR) is 114 cm³/mol. The smallest absolute Gasteiger partial charge is 0.254 e. The van der Waals surface area contributed by atoms with Gasteiger partial charge in [0, 0.05) is 30.6 Å². The van der Waals surface area contributed by atoms with Gasteiger partial charge in [-0.1, -0.05) is 50.2 Å². The number of piperidine rings is 1. The van der Waals surface area contributed by atoms with E-state index in [1.807, 2.05) is 47.4 Å². The largest absolute Gasteiger partial charge is 0.353 e. The Morgan fingerprint density at radius 3 is 2.39 bits per heavy atom. The molecule has 2 amide bonds. The van der Waals surface area contributed by atoms with Crippen molar-refractivity contribution in [2.75, 3.05) is 13.1 Å². The number of nitrogens with one attached hydrogen (secondary N) is 1. The molecule has 1 saturated heterocycles. The third-order valence-corrected chi connectivity index (χ3v) is 5.74. The first-order valence-electron chi connectivity index (χ1n) is 10.5. The molecule has 28 heavy (non-hydrogen) atoms. The Morgan fingerprint density at radius 2 is 1.68 bits per heavy atom. The van der Waals surface area contributed by atoms with Crippen molar-refractivity contribution in [1.29, 1.82) is 0 Å². The van der Waals surface area contributed by atoms with Gasteiger partial charge in [-0.25, -0.2) is 0 Å². The molecule has 1 atom stereocenters. The van der Waals surface area contributed by atoms with Crippen LogP contribution < -0.4 is 5.32 Å². The van der Waals surface area contributed by atoms with Gasteiger partial charge in [0.05, 0.1) is 0 Å². The maximum Gasteiger partial charge on any atom is 0.254 e. The van der Waals surface area contributed by atoms with Gasteiger partial charge in [-0.2, -0.15) is 0 Å². The van der Waals surface area contributed by atoms with Crippen molar-refractivity contribution in [3.8, 4) is 0 Å². The Bertz CT molecular complexity index is 817. The minimum absolute atomic E-state index is 0.0121. The number of carbonyl (C=O) groups excluding carboxylic acids is 2. The van der Waals surface area contributed by atoms with E-state index in [9.17, 15) is 9.59 Å². The van der Waals surface area contributed by atoms with Crippen LogP contribution in [-0.2, 0) is 4.79 Å². The third-order valence-electron chi connectivity index (χ3n) is 5.74. The van der Waals surface area contributed by atoms with Crippen LogP contribution in [0.15, 0.2) is 42.5 Å². The maximum absolute atomic E-state index is 13.0. The summed E-state index contributed by atoms with van der Waals surface area (Å²) in [5, 5.41) is 5.24. The van der Waals surface area contributed by atoms with Crippen LogP contribution in [0.3, 0.4) is 0 Å². The standard InChI is InChI=1S/C24H32N2O2/c1-17(2)11-12-18(3)25-23(27)20-13-15-26(16-14-20)24(28)22-10-6-8-19-7-4-5-9-21(19)22/h4-10,17-18,20H,11-16H2,1-3H3,(H,25,27). The van der Waals surface area contributed by atoms with Crippen molar-refractivity contribution in [2.24, 2.45) is 11.8 Å². The van der Waals surface area contributed by atoms with Gasteiger partial charge in [0.25, 0.3) is 5.91 Å². The van der Waals surface area contributed by atoms with Gasteiger partial charge in [0.1, 0.15) is 0 Å². The maximum atomic E-state index is 13.0. The van der Waals surface area contributed by atoms with E-state index in [1.165, 1.54) is 0 Å². The zero-order chi connectivity index (χ0) is 20.1. The molecule has 1 fully saturated rings. The molecule has 1 aliphatic heterocycles. The Morgan fingerprint density at radius 1 is 1.00 bits per heavy atom. The number of nitrogens with zero attached hydrogens (tertiary/aromatic N) is 1. The van der Waals surface area contributed by atoms with Crippen molar-refractivity contribution < 1.29 is 9.59 Å². The molecule has 0 radical (unpaired) electrons. The molecular formula is C24H32N2O2. The summed E-state index contributed by atoms with van der Waals surface area (Å²) in [6.45, 7) is 7.77. The molecule has 1 heterocycles. The van der Waals surface area contributed by atoms with E-state index in [0.717, 1.165) is 42.0 Å². The molecule has 0 saturated carbocycles. The van der Waals surface area contributed by atoms with Gasteiger partial charge in [-0.15, -0.1) is 0 Å². The van der Waals surface area contributed by atoms with Crippen LogP contribution in [0, 0.1) is 11.8 Å². The number of hydrogen-bond acceptors (Lipinski definition) is 2. The van der Waals surface area contributed by atoms with Crippen molar-refractivity contribution >= 4 is 22.6 Å². The van der Waals surface area contributed by atoms with Gasteiger partial charge in [-0.05, 0) is 55.4 Å². The number of rotatable bonds is 6. The van der Waals surface area contributed by atoms with Crippen LogP contribution >= 0.6 is 0 Å². The van der Waals surface area contributed by atoms with E-state index in [2.05, 4.69) is 26.1 Å². The second-order valence-electron chi connectivity index (χ2n) is 8.47. The molecule has 3 rings (SSSR count). The van der Waals surface area contributed by atoms with Gasteiger partial charge in [-0.3, -0.25) is 9.59 Å². The first kappa shape index (κ1) is 20.4. The monoisotopic (exact) mass is 380 g/mol. The van der Waals surface area contributed by atoms with Crippen LogP contribution in [0.2, 0.25) is 0 Å². The summed E-state index contributed by atoms with van der Waals surface area (Å²) in [5.74, 6) is 0.884. The lowest BCUT2D eigenvalue weighted by Gasteiger charge is -2.32. The second-order valence-corrected chi connectivity index (χ2v) is 8.47. The summed E-state index contributed by atoms with van der Waals surface area (Å²) in [6, 6.07) is 14.1. The van der Waals surface area contributed by atoms with Crippen molar-refractivity contribution in [1.82, 2.24) is 10.2 Å². The SMILES string of the molecule is CC(C)CCC(C)NC(=O)C1CCN(C(=O)c2cccc3ccccc23)CC1. The average Bonchev–Trinajstić information content (AvgIpc) is 2.71.